The van der Waals surface area contributed by atoms with Crippen LogP contribution in [0.5, 0.6) is 0 Å². The Morgan fingerprint density at radius 2 is 1.58 bits per heavy atom. The molecule has 1 N–H and O–H groups in total. The van der Waals surface area contributed by atoms with Crippen LogP contribution in [0.25, 0.3) is 0 Å². The number of fused-ring (bicyclic) bond motifs is 5. The van der Waals surface area contributed by atoms with Crippen molar-refractivity contribution in [2.75, 3.05) is 0 Å². The Labute approximate surface area is 147 Å². The van der Waals surface area contributed by atoms with Gasteiger partial charge in [-0.3, -0.25) is 4.79 Å². The zero-order chi connectivity index (χ0) is 17.3. The van der Waals surface area contributed by atoms with Crippen LogP contribution >= 0.6 is 0 Å². The summed E-state index contributed by atoms with van der Waals surface area (Å²) in [5, 5.41) is 10.6. The van der Waals surface area contributed by atoms with Crippen molar-refractivity contribution >= 4 is 5.78 Å². The lowest BCUT2D eigenvalue weighted by Gasteiger charge is -2.61. The summed E-state index contributed by atoms with van der Waals surface area (Å²) in [7, 11) is 0. The van der Waals surface area contributed by atoms with Crippen molar-refractivity contribution in [3.8, 4) is 0 Å². The maximum absolute atomic E-state index is 12.2. The summed E-state index contributed by atoms with van der Waals surface area (Å²) in [6.07, 6.45) is 10.8. The summed E-state index contributed by atoms with van der Waals surface area (Å²) in [6, 6.07) is 0. The number of rotatable bonds is 1. The summed E-state index contributed by atoms with van der Waals surface area (Å²) in [4.78, 5) is 12.2. The minimum Gasteiger partial charge on any atom is -0.390 e. The van der Waals surface area contributed by atoms with Crippen molar-refractivity contribution in [2.24, 2.45) is 40.4 Å². The van der Waals surface area contributed by atoms with Gasteiger partial charge in [-0.2, -0.15) is 0 Å². The molecule has 4 saturated carbocycles. The molecule has 0 spiro atoms. The Morgan fingerprint density at radius 1 is 0.875 bits per heavy atom. The highest BCUT2D eigenvalue weighted by Crippen LogP contribution is 2.68. The van der Waals surface area contributed by atoms with Gasteiger partial charge >= 0.3 is 0 Å². The van der Waals surface area contributed by atoms with Crippen molar-refractivity contribution < 1.29 is 9.90 Å². The van der Waals surface area contributed by atoms with Gasteiger partial charge in [-0.05, 0) is 106 Å². The van der Waals surface area contributed by atoms with Gasteiger partial charge in [0.15, 0.2) is 0 Å². The van der Waals surface area contributed by atoms with E-state index in [1.165, 1.54) is 38.5 Å². The third kappa shape index (κ3) is 2.27. The summed E-state index contributed by atoms with van der Waals surface area (Å²) in [5.74, 6) is 3.89. The zero-order valence-electron chi connectivity index (χ0n) is 16.1. The Balaban J connectivity index is 1.61. The molecule has 5 unspecified atom stereocenters. The molecule has 24 heavy (non-hydrogen) atoms. The molecule has 0 bridgehead atoms. The summed E-state index contributed by atoms with van der Waals surface area (Å²) in [5.41, 5.74) is 0.268. The molecule has 0 aliphatic heterocycles. The number of carbonyl (C=O) groups excluding carboxylic acids is 1. The second-order valence-electron chi connectivity index (χ2n) is 10.6. The predicted molar refractivity (Wildman–Crippen MR) is 96.5 cm³/mol. The third-order valence-corrected chi connectivity index (χ3v) is 9.44. The first-order valence-electron chi connectivity index (χ1n) is 10.4. The number of ketones is 1. The van der Waals surface area contributed by atoms with Crippen molar-refractivity contribution in [1.29, 1.82) is 0 Å². The van der Waals surface area contributed by atoms with Crippen LogP contribution in [0.15, 0.2) is 0 Å². The fraction of sp³-hybridized carbons (Fsp3) is 0.955. The first kappa shape index (κ1) is 17.1. The van der Waals surface area contributed by atoms with Crippen LogP contribution in [0.3, 0.4) is 0 Å². The molecule has 0 radical (unpaired) electrons. The van der Waals surface area contributed by atoms with E-state index in [2.05, 4.69) is 13.8 Å². The highest BCUT2D eigenvalue weighted by molar-refractivity contribution is 5.79. The van der Waals surface area contributed by atoms with Crippen molar-refractivity contribution in [2.45, 2.75) is 91.1 Å². The van der Waals surface area contributed by atoms with Crippen LogP contribution in [-0.4, -0.2) is 16.5 Å². The molecular weight excluding hydrogens is 296 g/mol. The molecule has 4 rings (SSSR count). The molecule has 0 saturated heterocycles. The van der Waals surface area contributed by atoms with Crippen molar-refractivity contribution in [3.63, 3.8) is 0 Å². The van der Waals surface area contributed by atoms with E-state index in [-0.39, 0.29) is 5.41 Å². The number of carbonyl (C=O) groups is 1. The molecule has 8 atom stereocenters. The second-order valence-corrected chi connectivity index (χ2v) is 10.6. The minimum absolute atomic E-state index is 0.274. The van der Waals surface area contributed by atoms with E-state index in [0.29, 0.717) is 23.0 Å². The van der Waals surface area contributed by atoms with Gasteiger partial charge in [0.05, 0.1) is 5.60 Å². The molecule has 0 aromatic heterocycles. The Kier molecular flexibility index (Phi) is 3.78. The standard InChI is InChI=1S/C22H36O2/c1-14(23)17-7-8-18-16-6-5-15-13-20(2,24)11-12-21(15,3)19(16)9-10-22(17,18)4/h15-19,24H,5-13H2,1-4H3/t15?,16?,17?,18?,19?,20-,21+,22-/m1/s1. The Bertz CT molecular complexity index is 538. The summed E-state index contributed by atoms with van der Waals surface area (Å²) >= 11 is 0. The van der Waals surface area contributed by atoms with Gasteiger partial charge in [0, 0.05) is 5.92 Å². The monoisotopic (exact) mass is 332 g/mol. The molecule has 0 aromatic carbocycles. The first-order chi connectivity index (χ1) is 11.2. The molecule has 2 nitrogen and oxygen atoms in total. The van der Waals surface area contributed by atoms with Crippen LogP contribution in [0, 0.1) is 40.4 Å². The predicted octanol–water partition coefficient (Wildman–Crippen LogP) is 4.99. The Hall–Kier alpha value is -0.370. The van der Waals surface area contributed by atoms with E-state index in [1.807, 2.05) is 13.8 Å². The van der Waals surface area contributed by atoms with Crippen LogP contribution < -0.4 is 0 Å². The number of hydrogen-bond acceptors (Lipinski definition) is 2. The fourth-order valence-corrected chi connectivity index (χ4v) is 8.10. The normalized spacial score (nSPS) is 57.0. The molecule has 136 valence electrons. The largest absolute Gasteiger partial charge is 0.390 e. The molecule has 0 heterocycles. The van der Waals surface area contributed by atoms with E-state index in [0.717, 1.165) is 37.0 Å². The molecule has 4 fully saturated rings. The molecular formula is C22H36O2. The number of hydrogen-bond donors (Lipinski definition) is 1. The van der Waals surface area contributed by atoms with Gasteiger partial charge in [0.1, 0.15) is 5.78 Å². The summed E-state index contributed by atoms with van der Waals surface area (Å²) < 4.78 is 0. The third-order valence-electron chi connectivity index (χ3n) is 9.44. The van der Waals surface area contributed by atoms with Crippen molar-refractivity contribution in [1.82, 2.24) is 0 Å². The maximum atomic E-state index is 12.2. The zero-order valence-corrected chi connectivity index (χ0v) is 16.1. The molecule has 0 aromatic rings. The topological polar surface area (TPSA) is 37.3 Å². The van der Waals surface area contributed by atoms with Crippen LogP contribution in [-0.2, 0) is 4.79 Å². The molecule has 4 aliphatic carbocycles. The Morgan fingerprint density at radius 3 is 2.29 bits per heavy atom. The van der Waals surface area contributed by atoms with Gasteiger partial charge in [0.2, 0.25) is 0 Å². The van der Waals surface area contributed by atoms with Gasteiger partial charge in [0.25, 0.3) is 0 Å². The lowest BCUT2D eigenvalue weighted by molar-refractivity contribution is -0.150. The van der Waals surface area contributed by atoms with Gasteiger partial charge < -0.3 is 5.11 Å². The van der Waals surface area contributed by atoms with Crippen LogP contribution in [0.1, 0.15) is 85.5 Å². The maximum Gasteiger partial charge on any atom is 0.133 e. The number of Topliss-reactive ketones (excluding diaryl/α,β-unsaturated/α-hetero) is 1. The van der Waals surface area contributed by atoms with Gasteiger partial charge in [-0.1, -0.05) is 13.8 Å². The molecule has 2 heteroatoms. The lowest BCUT2D eigenvalue weighted by Crippen LogP contribution is -2.55. The highest BCUT2D eigenvalue weighted by atomic mass is 16.3. The van der Waals surface area contributed by atoms with Gasteiger partial charge in [-0.15, -0.1) is 0 Å². The smallest absolute Gasteiger partial charge is 0.133 e. The number of aliphatic hydroxyl groups is 1. The fourth-order valence-electron chi connectivity index (χ4n) is 8.10. The molecule has 4 aliphatic rings. The minimum atomic E-state index is -0.437. The first-order valence-corrected chi connectivity index (χ1v) is 10.4. The molecule has 0 amide bonds. The van der Waals surface area contributed by atoms with E-state index in [9.17, 15) is 9.90 Å². The summed E-state index contributed by atoms with van der Waals surface area (Å²) in [6.45, 7) is 8.85. The quantitative estimate of drug-likeness (QED) is 0.735. The van der Waals surface area contributed by atoms with Crippen molar-refractivity contribution in [3.05, 3.63) is 0 Å². The lowest BCUT2D eigenvalue weighted by atomic mass is 9.44. The van der Waals surface area contributed by atoms with Gasteiger partial charge in [-0.25, -0.2) is 0 Å². The SMILES string of the molecule is CC(=O)C1CCC2C3CCC4C[C@](C)(O)CC[C@]4(C)C3CC[C@]12C. The average molecular weight is 333 g/mol. The second kappa shape index (κ2) is 5.32. The van der Waals surface area contributed by atoms with Crippen LogP contribution in [0.2, 0.25) is 0 Å². The van der Waals surface area contributed by atoms with Crippen LogP contribution in [0.4, 0.5) is 0 Å². The average Bonchev–Trinajstić information content (AvgIpc) is 2.85. The highest BCUT2D eigenvalue weighted by Gasteiger charge is 2.61. The van der Waals surface area contributed by atoms with E-state index >= 15 is 0 Å². The van der Waals surface area contributed by atoms with E-state index < -0.39 is 5.60 Å². The van der Waals surface area contributed by atoms with E-state index in [4.69, 9.17) is 0 Å². The van der Waals surface area contributed by atoms with E-state index in [1.54, 1.807) is 0 Å².